The normalized spacial score (nSPS) is 11.0. The summed E-state index contributed by atoms with van der Waals surface area (Å²) in [5.41, 5.74) is 4.49. The summed E-state index contributed by atoms with van der Waals surface area (Å²) in [5.74, 6) is -1.24. The minimum atomic E-state index is -1.01. The highest BCUT2D eigenvalue weighted by Crippen LogP contribution is 2.17. The quantitative estimate of drug-likeness (QED) is 0.142. The molecule has 180 valence electrons. The molecule has 0 amide bonds. The van der Waals surface area contributed by atoms with Crippen molar-refractivity contribution in [1.29, 1.82) is 0 Å². The Morgan fingerprint density at radius 3 is 1.61 bits per heavy atom. The summed E-state index contributed by atoms with van der Waals surface area (Å²) in [6.45, 7) is 9.74. The van der Waals surface area contributed by atoms with Crippen LogP contribution in [-0.4, -0.2) is 18.2 Å². The smallest absolute Gasteiger partial charge is 0.290 e. The Balaban J connectivity index is 1.94. The Kier molecular flexibility index (Phi) is 11.1. The lowest BCUT2D eigenvalue weighted by Gasteiger charge is -2.16. The monoisotopic (exact) mass is 456 g/mol. The zero-order valence-electron chi connectivity index (χ0n) is 20.4. The number of benzene rings is 2. The molecule has 0 aliphatic rings. The predicted octanol–water partition coefficient (Wildman–Crippen LogP) is 6.87. The van der Waals surface area contributed by atoms with Gasteiger partial charge in [0.15, 0.2) is 0 Å². The molecule has 0 spiro atoms. The van der Waals surface area contributed by atoms with Crippen molar-refractivity contribution in [1.82, 2.24) is 0 Å². The predicted molar refractivity (Wildman–Crippen MR) is 127 cm³/mol. The van der Waals surface area contributed by atoms with Crippen LogP contribution in [0.5, 0.6) is 0 Å². The van der Waals surface area contributed by atoms with E-state index in [2.05, 4.69) is 6.92 Å². The average Bonchev–Trinajstić information content (AvgIpc) is 2.77. The van der Waals surface area contributed by atoms with Crippen molar-refractivity contribution >= 4 is 11.9 Å². The highest BCUT2D eigenvalue weighted by molar-refractivity contribution is 5.91. The second-order valence-corrected chi connectivity index (χ2v) is 8.56. The first kappa shape index (κ1) is 26.6. The van der Waals surface area contributed by atoms with Crippen LogP contribution in [0.1, 0.15) is 94.8 Å². The summed E-state index contributed by atoms with van der Waals surface area (Å²) in [4.78, 5) is 45.5. The van der Waals surface area contributed by atoms with E-state index >= 15 is 0 Å². The van der Waals surface area contributed by atoms with Gasteiger partial charge in [-0.1, -0.05) is 74.4 Å². The molecule has 0 saturated heterocycles. The van der Waals surface area contributed by atoms with Gasteiger partial charge in [0.25, 0.3) is 0 Å². The van der Waals surface area contributed by atoms with Gasteiger partial charge in [0.1, 0.15) is 0 Å². The van der Waals surface area contributed by atoms with Crippen molar-refractivity contribution in [2.45, 2.75) is 85.9 Å². The van der Waals surface area contributed by atoms with Gasteiger partial charge in [-0.05, 0) is 57.4 Å². The number of aryl methyl sites for hydroxylation is 4. The molecule has 0 bridgehead atoms. The third-order valence-electron chi connectivity index (χ3n) is 5.46. The summed E-state index contributed by atoms with van der Waals surface area (Å²) in [5, 5.41) is 0. The Bertz CT molecular complexity index is 853. The molecule has 0 unspecified atom stereocenters. The number of rotatable bonds is 13. The molecule has 0 aliphatic heterocycles. The van der Waals surface area contributed by atoms with Crippen LogP contribution in [-0.2, 0) is 19.6 Å². The third kappa shape index (κ3) is 8.98. The van der Waals surface area contributed by atoms with Gasteiger partial charge < -0.3 is 0 Å². The van der Waals surface area contributed by atoms with Gasteiger partial charge in [0.2, 0.25) is 6.29 Å². The first-order chi connectivity index (χ1) is 15.8. The second-order valence-electron chi connectivity index (χ2n) is 8.56. The van der Waals surface area contributed by atoms with Crippen molar-refractivity contribution in [3.63, 3.8) is 0 Å². The molecule has 0 atom stereocenters. The van der Waals surface area contributed by atoms with Crippen molar-refractivity contribution in [3.8, 4) is 0 Å². The summed E-state index contributed by atoms with van der Waals surface area (Å²) in [7, 11) is 0. The molecule has 0 N–H and O–H groups in total. The first-order valence-electron chi connectivity index (χ1n) is 11.7. The maximum atomic E-state index is 12.5. The van der Waals surface area contributed by atoms with Crippen LogP contribution in [0, 0.1) is 27.7 Å². The van der Waals surface area contributed by atoms with Gasteiger partial charge in [-0.15, -0.1) is 9.78 Å². The second kappa shape index (κ2) is 13.8. The standard InChI is InChI=1S/C27H36O6/c1-6-7-8-9-10-11-12-25(30-32-26(28)23-15-13-19(2)17-21(23)4)31-33-27(29)24-16-14-20(3)18-22(24)5/h13-18,25H,6-12H2,1-5H3. The van der Waals surface area contributed by atoms with E-state index in [1.807, 2.05) is 52.0 Å². The fourth-order valence-corrected chi connectivity index (χ4v) is 3.57. The van der Waals surface area contributed by atoms with Crippen molar-refractivity contribution in [2.75, 3.05) is 0 Å². The van der Waals surface area contributed by atoms with Gasteiger partial charge >= 0.3 is 11.9 Å². The molecule has 0 radical (unpaired) electrons. The lowest BCUT2D eigenvalue weighted by molar-refractivity contribution is -0.421. The lowest BCUT2D eigenvalue weighted by Crippen LogP contribution is -2.22. The molecule has 2 aromatic carbocycles. The molecule has 0 heterocycles. The number of carbonyl (C=O) groups excluding carboxylic acids is 2. The third-order valence-corrected chi connectivity index (χ3v) is 5.46. The van der Waals surface area contributed by atoms with E-state index in [-0.39, 0.29) is 0 Å². The van der Waals surface area contributed by atoms with Crippen LogP contribution in [0.2, 0.25) is 0 Å². The van der Waals surface area contributed by atoms with Gasteiger partial charge in [0, 0.05) is 6.42 Å². The maximum absolute atomic E-state index is 12.5. The molecule has 6 heteroatoms. The van der Waals surface area contributed by atoms with Crippen LogP contribution in [0.3, 0.4) is 0 Å². The largest absolute Gasteiger partial charge is 0.373 e. The van der Waals surface area contributed by atoms with Crippen LogP contribution >= 0.6 is 0 Å². The summed E-state index contributed by atoms with van der Waals surface area (Å²) in [6.07, 6.45) is 5.84. The van der Waals surface area contributed by atoms with Gasteiger partial charge in [-0.25, -0.2) is 9.59 Å². The molecule has 0 fully saturated rings. The van der Waals surface area contributed by atoms with Crippen LogP contribution in [0.15, 0.2) is 36.4 Å². The zero-order valence-corrected chi connectivity index (χ0v) is 20.4. The maximum Gasteiger partial charge on any atom is 0.373 e. The fourth-order valence-electron chi connectivity index (χ4n) is 3.57. The van der Waals surface area contributed by atoms with Crippen molar-refractivity contribution in [2.24, 2.45) is 0 Å². The highest BCUT2D eigenvalue weighted by atomic mass is 17.3. The van der Waals surface area contributed by atoms with Gasteiger partial charge in [-0.3, -0.25) is 9.78 Å². The van der Waals surface area contributed by atoms with E-state index in [4.69, 9.17) is 19.6 Å². The number of hydrogen-bond donors (Lipinski definition) is 0. The van der Waals surface area contributed by atoms with Crippen LogP contribution in [0.25, 0.3) is 0 Å². The van der Waals surface area contributed by atoms with E-state index in [1.54, 1.807) is 12.1 Å². The van der Waals surface area contributed by atoms with E-state index in [0.29, 0.717) is 17.5 Å². The van der Waals surface area contributed by atoms with Crippen LogP contribution < -0.4 is 0 Å². The Morgan fingerprint density at radius 1 is 0.697 bits per heavy atom. The molecular formula is C27H36O6. The number of hydrogen-bond acceptors (Lipinski definition) is 6. The number of unbranched alkanes of at least 4 members (excludes halogenated alkanes) is 5. The van der Waals surface area contributed by atoms with E-state index in [0.717, 1.165) is 41.5 Å². The molecule has 0 aliphatic carbocycles. The fraction of sp³-hybridized carbons (Fsp3) is 0.481. The summed E-state index contributed by atoms with van der Waals surface area (Å²) < 4.78 is 0. The first-order valence-corrected chi connectivity index (χ1v) is 11.7. The molecule has 2 rings (SSSR count). The van der Waals surface area contributed by atoms with Crippen molar-refractivity contribution < 1.29 is 29.1 Å². The zero-order chi connectivity index (χ0) is 24.2. The SMILES string of the molecule is CCCCCCCCC(OOC(=O)c1ccc(C)cc1C)OOC(=O)c1ccc(C)cc1C. The minimum absolute atomic E-state index is 0.409. The highest BCUT2D eigenvalue weighted by Gasteiger charge is 2.21. The molecule has 33 heavy (non-hydrogen) atoms. The molecule has 0 saturated carbocycles. The average molecular weight is 457 g/mol. The van der Waals surface area contributed by atoms with Crippen molar-refractivity contribution in [3.05, 3.63) is 69.8 Å². The summed E-state index contributed by atoms with van der Waals surface area (Å²) >= 11 is 0. The van der Waals surface area contributed by atoms with E-state index in [1.165, 1.54) is 19.3 Å². The van der Waals surface area contributed by atoms with E-state index in [9.17, 15) is 9.59 Å². The molecule has 2 aromatic rings. The van der Waals surface area contributed by atoms with E-state index < -0.39 is 18.2 Å². The van der Waals surface area contributed by atoms with Gasteiger partial charge in [-0.2, -0.15) is 0 Å². The molecular weight excluding hydrogens is 420 g/mol. The number of carbonyl (C=O) groups is 2. The van der Waals surface area contributed by atoms with Crippen LogP contribution in [0.4, 0.5) is 0 Å². The molecule has 6 nitrogen and oxygen atoms in total. The Labute approximate surface area is 197 Å². The topological polar surface area (TPSA) is 71.1 Å². The Hall–Kier alpha value is -2.70. The summed E-state index contributed by atoms with van der Waals surface area (Å²) in [6, 6.07) is 10.8. The minimum Gasteiger partial charge on any atom is -0.290 e. The Morgan fingerprint density at radius 2 is 1.15 bits per heavy atom. The molecule has 0 aromatic heterocycles. The van der Waals surface area contributed by atoms with Gasteiger partial charge in [0.05, 0.1) is 11.1 Å². The lowest BCUT2D eigenvalue weighted by atomic mass is 10.1.